The van der Waals surface area contributed by atoms with Crippen molar-refractivity contribution in [3.63, 3.8) is 0 Å². The maximum Gasteiger partial charge on any atom is 0.242 e. The molecule has 0 saturated carbocycles. The van der Waals surface area contributed by atoms with Crippen LogP contribution < -0.4 is 10.6 Å². The molecule has 0 aliphatic heterocycles. The predicted octanol–water partition coefficient (Wildman–Crippen LogP) is 2.54. The van der Waals surface area contributed by atoms with Crippen LogP contribution in [0.25, 0.3) is 0 Å². The van der Waals surface area contributed by atoms with Gasteiger partial charge in [-0.3, -0.25) is 14.4 Å². The quantitative estimate of drug-likeness (QED) is 0.556. The van der Waals surface area contributed by atoms with Gasteiger partial charge in [0.25, 0.3) is 0 Å². The molecule has 0 fully saturated rings. The number of Topliss-reactive ketones (excluding diaryl/α,β-unsaturated/α-hetero) is 1. The molecule has 0 aromatic heterocycles. The Morgan fingerprint density at radius 1 is 1.21 bits per heavy atom. The molecule has 0 spiro atoms. The fourth-order valence-corrected chi connectivity index (χ4v) is 2.53. The number of benzene rings is 1. The lowest BCUT2D eigenvalue weighted by Crippen LogP contribution is -2.47. The van der Waals surface area contributed by atoms with Gasteiger partial charge in [-0.2, -0.15) is 0 Å². The van der Waals surface area contributed by atoms with Crippen LogP contribution in [0.3, 0.4) is 0 Å². The van der Waals surface area contributed by atoms with Gasteiger partial charge in [0.1, 0.15) is 11.9 Å². The van der Waals surface area contributed by atoms with Crippen molar-refractivity contribution < 1.29 is 18.8 Å². The molecule has 0 bridgehead atoms. The fourth-order valence-electron chi connectivity index (χ4n) is 1.80. The van der Waals surface area contributed by atoms with E-state index in [0.29, 0.717) is 0 Å². The van der Waals surface area contributed by atoms with E-state index in [-0.39, 0.29) is 39.9 Å². The summed E-state index contributed by atoms with van der Waals surface area (Å²) >= 11 is 1.02. The van der Waals surface area contributed by atoms with Crippen molar-refractivity contribution in [2.24, 2.45) is 0 Å². The van der Waals surface area contributed by atoms with E-state index in [1.807, 2.05) is 13.8 Å². The van der Waals surface area contributed by atoms with Crippen LogP contribution in [0.15, 0.2) is 23.1 Å². The number of rotatable bonds is 8. The topological polar surface area (TPSA) is 75.3 Å². The third kappa shape index (κ3) is 6.31. The Morgan fingerprint density at radius 3 is 2.42 bits per heavy atom. The smallest absolute Gasteiger partial charge is 0.242 e. The summed E-state index contributed by atoms with van der Waals surface area (Å²) in [4.78, 5) is 35.2. The van der Waals surface area contributed by atoms with E-state index in [9.17, 15) is 18.8 Å². The van der Waals surface area contributed by atoms with Crippen LogP contribution in [0.4, 0.5) is 4.39 Å². The maximum atomic E-state index is 13.9. The van der Waals surface area contributed by atoms with Gasteiger partial charge in [0.15, 0.2) is 5.78 Å². The minimum atomic E-state index is -0.656. The highest BCUT2D eigenvalue weighted by Crippen LogP contribution is 2.22. The van der Waals surface area contributed by atoms with Crippen LogP contribution in [0, 0.1) is 5.82 Å². The molecule has 2 N–H and O–H groups in total. The summed E-state index contributed by atoms with van der Waals surface area (Å²) in [6.45, 7) is 6.80. The van der Waals surface area contributed by atoms with Gasteiger partial charge in [-0.25, -0.2) is 4.39 Å². The molecule has 0 unspecified atom stereocenters. The second-order valence-corrected chi connectivity index (χ2v) is 6.61. The number of carbonyl (C=O) groups is 3. The van der Waals surface area contributed by atoms with E-state index in [4.69, 9.17) is 0 Å². The first kappa shape index (κ1) is 20.2. The normalized spacial score (nSPS) is 13.0. The summed E-state index contributed by atoms with van der Waals surface area (Å²) in [6.07, 6.45) is 0.803. The van der Waals surface area contributed by atoms with Crippen LogP contribution in [0.5, 0.6) is 0 Å². The van der Waals surface area contributed by atoms with Crippen molar-refractivity contribution in [3.05, 3.63) is 29.6 Å². The summed E-state index contributed by atoms with van der Waals surface area (Å²) in [7, 11) is 0. The molecule has 2 atom stereocenters. The molecule has 0 heterocycles. The van der Waals surface area contributed by atoms with Gasteiger partial charge in [-0.05, 0) is 39.3 Å². The third-order valence-corrected chi connectivity index (χ3v) is 4.52. The summed E-state index contributed by atoms with van der Waals surface area (Å²) in [5.41, 5.74) is 0.289. The van der Waals surface area contributed by atoms with Crippen LogP contribution in [0.1, 0.15) is 44.5 Å². The lowest BCUT2D eigenvalue weighted by atomic mass is 10.1. The van der Waals surface area contributed by atoms with Crippen molar-refractivity contribution >= 4 is 29.4 Å². The Labute approximate surface area is 145 Å². The van der Waals surface area contributed by atoms with Crippen molar-refractivity contribution in [2.75, 3.05) is 5.75 Å². The molecular formula is C17H23FN2O3S. The average molecular weight is 354 g/mol. The van der Waals surface area contributed by atoms with Crippen LogP contribution >= 0.6 is 11.8 Å². The Morgan fingerprint density at radius 2 is 1.88 bits per heavy atom. The summed E-state index contributed by atoms with van der Waals surface area (Å²) in [5.74, 6) is -1.38. The minimum Gasteiger partial charge on any atom is -0.352 e. The van der Waals surface area contributed by atoms with Crippen LogP contribution in [-0.2, 0) is 9.59 Å². The molecule has 1 rings (SSSR count). The zero-order chi connectivity index (χ0) is 18.3. The van der Waals surface area contributed by atoms with Crippen LogP contribution in [0.2, 0.25) is 0 Å². The molecule has 0 aliphatic rings. The van der Waals surface area contributed by atoms with Gasteiger partial charge in [-0.15, -0.1) is 11.8 Å². The summed E-state index contributed by atoms with van der Waals surface area (Å²) in [5, 5.41) is 5.36. The molecule has 24 heavy (non-hydrogen) atoms. The Bertz CT molecular complexity index is 622. The number of hydrogen-bond acceptors (Lipinski definition) is 4. The van der Waals surface area contributed by atoms with Crippen LogP contribution in [-0.4, -0.2) is 35.4 Å². The summed E-state index contributed by atoms with van der Waals surface area (Å²) in [6, 6.07) is 3.54. The second-order valence-electron chi connectivity index (χ2n) is 5.60. The Hall–Kier alpha value is -1.89. The van der Waals surface area contributed by atoms with E-state index in [1.165, 1.54) is 19.1 Å². The average Bonchev–Trinajstić information content (AvgIpc) is 2.53. The number of nitrogens with one attached hydrogen (secondary N) is 2. The van der Waals surface area contributed by atoms with Gasteiger partial charge in [0, 0.05) is 16.5 Å². The minimum absolute atomic E-state index is 0.0166. The zero-order valence-electron chi connectivity index (χ0n) is 14.3. The van der Waals surface area contributed by atoms with E-state index in [2.05, 4.69) is 10.6 Å². The predicted molar refractivity (Wildman–Crippen MR) is 92.6 cm³/mol. The third-order valence-electron chi connectivity index (χ3n) is 3.47. The molecule has 1 aromatic rings. The fraction of sp³-hybridized carbons (Fsp3) is 0.471. The Balaban J connectivity index is 2.51. The van der Waals surface area contributed by atoms with E-state index < -0.39 is 11.9 Å². The molecule has 1 aromatic carbocycles. The standard InChI is InChI=1S/C17H23FN2O3S/c1-5-10(2)19-17(23)11(3)20-16(22)9-24-15-7-6-13(12(4)21)8-14(15)18/h6-8,10-11H,5,9H2,1-4H3,(H,19,23)(H,20,22)/t10-,11+/m1/s1. The molecule has 0 radical (unpaired) electrons. The highest BCUT2D eigenvalue weighted by molar-refractivity contribution is 8.00. The SMILES string of the molecule is CC[C@@H](C)NC(=O)[C@H](C)NC(=O)CSc1ccc(C(C)=O)cc1F. The zero-order valence-corrected chi connectivity index (χ0v) is 15.1. The van der Waals surface area contributed by atoms with Crippen molar-refractivity contribution in [1.29, 1.82) is 0 Å². The largest absolute Gasteiger partial charge is 0.352 e. The molecule has 2 amide bonds. The molecule has 5 nitrogen and oxygen atoms in total. The van der Waals surface area contributed by atoms with Gasteiger partial charge >= 0.3 is 0 Å². The highest BCUT2D eigenvalue weighted by Gasteiger charge is 2.17. The molecule has 0 saturated heterocycles. The van der Waals surface area contributed by atoms with Gasteiger partial charge in [0.05, 0.1) is 5.75 Å². The number of halogens is 1. The number of ketones is 1. The summed E-state index contributed by atoms with van der Waals surface area (Å²) < 4.78 is 13.9. The van der Waals surface area contributed by atoms with Gasteiger partial charge in [-0.1, -0.05) is 13.0 Å². The first-order valence-electron chi connectivity index (χ1n) is 7.77. The Kier molecular flexibility index (Phi) is 7.91. The van der Waals surface area contributed by atoms with Crippen molar-refractivity contribution in [3.8, 4) is 0 Å². The maximum absolute atomic E-state index is 13.9. The lowest BCUT2D eigenvalue weighted by molar-refractivity contribution is -0.127. The van der Waals surface area contributed by atoms with Crippen molar-refractivity contribution in [1.82, 2.24) is 10.6 Å². The monoisotopic (exact) mass is 354 g/mol. The number of thioether (sulfide) groups is 1. The van der Waals surface area contributed by atoms with Crippen molar-refractivity contribution in [2.45, 2.75) is 51.1 Å². The number of hydrogen-bond donors (Lipinski definition) is 2. The van der Waals surface area contributed by atoms with Gasteiger partial charge in [0.2, 0.25) is 11.8 Å². The number of carbonyl (C=O) groups excluding carboxylic acids is 3. The molecule has 0 aliphatic carbocycles. The molecular weight excluding hydrogens is 331 g/mol. The first-order valence-corrected chi connectivity index (χ1v) is 8.76. The first-order chi connectivity index (χ1) is 11.2. The van der Waals surface area contributed by atoms with Gasteiger partial charge < -0.3 is 10.6 Å². The lowest BCUT2D eigenvalue weighted by Gasteiger charge is -2.17. The second kappa shape index (κ2) is 9.42. The van der Waals surface area contributed by atoms with E-state index >= 15 is 0 Å². The van der Waals surface area contributed by atoms with E-state index in [1.54, 1.807) is 6.92 Å². The molecule has 7 heteroatoms. The molecule has 132 valence electrons. The highest BCUT2D eigenvalue weighted by atomic mass is 32.2. The number of amides is 2. The van der Waals surface area contributed by atoms with E-state index in [0.717, 1.165) is 24.2 Å².